The Hall–Kier alpha value is -1.20. The first kappa shape index (κ1) is 12.3. The monoisotopic (exact) mass is 355 g/mol. The molecule has 0 fully saturated rings. The number of phenolic OH excluding ortho intramolecular Hbond substituents is 1. The number of Topliss-reactive ketones (excluding diaryl/α,β-unsaturated/α-hetero) is 1. The van der Waals surface area contributed by atoms with E-state index >= 15 is 0 Å². The number of rotatable bonds is 1. The first-order valence-corrected chi connectivity index (χ1v) is 6.31. The second kappa shape index (κ2) is 4.98. The Labute approximate surface area is 115 Å². The molecule has 0 spiro atoms. The van der Waals surface area contributed by atoms with Crippen molar-refractivity contribution in [1.82, 2.24) is 0 Å². The molecule has 0 amide bonds. The topological polar surface area (TPSA) is 49.7 Å². The number of carbonyl (C=O) groups is 1. The maximum Gasteiger partial charge on any atom is 0.207 e. The summed E-state index contributed by atoms with van der Waals surface area (Å²) in [6, 6.07) is 6.51. The van der Waals surface area contributed by atoms with Crippen molar-refractivity contribution in [2.75, 3.05) is 0 Å². The number of ketones is 1. The zero-order valence-corrected chi connectivity index (χ0v) is 11.7. The summed E-state index contributed by atoms with van der Waals surface area (Å²) in [5.74, 6) is 0.0934. The fourth-order valence-electron chi connectivity index (χ4n) is 1.29. The highest BCUT2D eigenvalue weighted by Gasteiger charge is 2.16. The number of phenols is 1. The van der Waals surface area contributed by atoms with Gasteiger partial charge < -0.3 is 5.11 Å². The van der Waals surface area contributed by atoms with E-state index in [0.717, 1.165) is 0 Å². The highest BCUT2D eigenvalue weighted by Crippen LogP contribution is 2.24. The van der Waals surface area contributed by atoms with Crippen molar-refractivity contribution >= 4 is 49.0 Å². The van der Waals surface area contributed by atoms with Gasteiger partial charge in [-0.2, -0.15) is 0 Å². The molecule has 2 rings (SSSR count). The van der Waals surface area contributed by atoms with Crippen LogP contribution < -0.4 is 0 Å². The molecule has 0 radical (unpaired) electrons. The Morgan fingerprint density at radius 3 is 2.06 bits per heavy atom. The Balaban J connectivity index is 2.35. The van der Waals surface area contributed by atoms with E-state index in [-0.39, 0.29) is 11.5 Å². The molecular weight excluding hydrogens is 350 g/mol. The van der Waals surface area contributed by atoms with Gasteiger partial charge in [-0.3, -0.25) is 4.79 Å². The van der Waals surface area contributed by atoms with E-state index in [1.165, 1.54) is 0 Å². The fourth-order valence-corrected chi connectivity index (χ4v) is 2.45. The van der Waals surface area contributed by atoms with Crippen LogP contribution in [0.4, 0.5) is 5.69 Å². The van der Waals surface area contributed by atoms with Gasteiger partial charge in [0.1, 0.15) is 5.75 Å². The minimum absolute atomic E-state index is 0.102. The predicted octanol–water partition coefficient (Wildman–Crippen LogP) is 3.61. The van der Waals surface area contributed by atoms with Crippen LogP contribution in [0.2, 0.25) is 0 Å². The molecule has 0 atom stereocenters. The van der Waals surface area contributed by atoms with Crippen LogP contribution >= 0.6 is 31.9 Å². The molecule has 1 N–H and O–H groups in total. The van der Waals surface area contributed by atoms with Crippen molar-refractivity contribution in [2.24, 2.45) is 4.99 Å². The summed E-state index contributed by atoms with van der Waals surface area (Å²) in [6.45, 7) is 0. The van der Waals surface area contributed by atoms with Gasteiger partial charge in [0.15, 0.2) is 0 Å². The number of aromatic hydroxyl groups is 1. The first-order chi connectivity index (χ1) is 8.06. The van der Waals surface area contributed by atoms with E-state index in [2.05, 4.69) is 36.9 Å². The molecule has 0 saturated carbocycles. The van der Waals surface area contributed by atoms with Gasteiger partial charge in [-0.25, -0.2) is 4.99 Å². The van der Waals surface area contributed by atoms with E-state index < -0.39 is 0 Å². The highest BCUT2D eigenvalue weighted by molar-refractivity contribution is 9.13. The minimum atomic E-state index is -0.102. The average molecular weight is 357 g/mol. The molecule has 1 aromatic carbocycles. The molecule has 86 valence electrons. The number of carbonyl (C=O) groups excluding carboxylic acids is 1. The predicted molar refractivity (Wildman–Crippen MR) is 74.2 cm³/mol. The summed E-state index contributed by atoms with van der Waals surface area (Å²) in [7, 11) is 0. The van der Waals surface area contributed by atoms with Crippen molar-refractivity contribution < 1.29 is 9.90 Å². The molecule has 0 bridgehead atoms. The van der Waals surface area contributed by atoms with E-state index in [1.54, 1.807) is 36.4 Å². The van der Waals surface area contributed by atoms with Crippen LogP contribution in [0, 0.1) is 0 Å². The largest absolute Gasteiger partial charge is 0.508 e. The lowest BCUT2D eigenvalue weighted by Crippen LogP contribution is -2.06. The number of halogens is 2. The third kappa shape index (κ3) is 2.92. The molecule has 0 aliphatic heterocycles. The van der Waals surface area contributed by atoms with Crippen molar-refractivity contribution in [3.05, 3.63) is 45.4 Å². The Morgan fingerprint density at radius 2 is 1.53 bits per heavy atom. The van der Waals surface area contributed by atoms with Crippen LogP contribution in [0.1, 0.15) is 0 Å². The molecule has 0 heterocycles. The van der Waals surface area contributed by atoms with Gasteiger partial charge in [0.2, 0.25) is 5.78 Å². The molecule has 1 aliphatic rings. The number of nitrogens with zero attached hydrogens (tertiary/aromatic N) is 1. The smallest absolute Gasteiger partial charge is 0.207 e. The van der Waals surface area contributed by atoms with Crippen LogP contribution in [0.3, 0.4) is 0 Å². The zero-order chi connectivity index (χ0) is 12.4. The molecule has 0 saturated heterocycles. The van der Waals surface area contributed by atoms with E-state index in [4.69, 9.17) is 5.11 Å². The highest BCUT2D eigenvalue weighted by atomic mass is 79.9. The van der Waals surface area contributed by atoms with Crippen molar-refractivity contribution in [3.8, 4) is 5.75 Å². The molecule has 5 heteroatoms. The van der Waals surface area contributed by atoms with Gasteiger partial charge in [0, 0.05) is 0 Å². The second-order valence-electron chi connectivity index (χ2n) is 3.37. The molecule has 0 unspecified atom stereocenters. The lowest BCUT2D eigenvalue weighted by Gasteiger charge is -2.06. The van der Waals surface area contributed by atoms with Crippen LogP contribution in [-0.2, 0) is 4.79 Å². The third-order valence-corrected chi connectivity index (χ3v) is 3.27. The van der Waals surface area contributed by atoms with Crippen molar-refractivity contribution in [1.29, 1.82) is 0 Å². The molecular formula is C12H7Br2NO2. The number of hydrogen-bond acceptors (Lipinski definition) is 3. The second-order valence-corrected chi connectivity index (χ2v) is 5.08. The van der Waals surface area contributed by atoms with Gasteiger partial charge in [0.05, 0.1) is 20.4 Å². The quantitative estimate of drug-likeness (QED) is 0.781. The summed E-state index contributed by atoms with van der Waals surface area (Å²) in [5.41, 5.74) is 1.37. The number of aliphatic imine (C=N–C) groups is 1. The van der Waals surface area contributed by atoms with Gasteiger partial charge in [0.25, 0.3) is 0 Å². The molecule has 1 aromatic rings. The van der Waals surface area contributed by atoms with Gasteiger partial charge in [-0.15, -0.1) is 0 Å². The Kier molecular flexibility index (Phi) is 3.59. The standard InChI is InChI=1S/C12H7Br2NO2/c13-10-5-8(6-11(14)12(10)17)15-7-1-3-9(16)4-2-7/h1-6,16H. The van der Waals surface area contributed by atoms with Crippen LogP contribution in [0.5, 0.6) is 5.75 Å². The molecule has 1 aliphatic carbocycles. The van der Waals surface area contributed by atoms with Crippen LogP contribution in [0.25, 0.3) is 0 Å². The van der Waals surface area contributed by atoms with E-state index in [9.17, 15) is 4.79 Å². The molecule has 3 nitrogen and oxygen atoms in total. The van der Waals surface area contributed by atoms with Crippen LogP contribution in [0.15, 0.2) is 50.4 Å². The van der Waals surface area contributed by atoms with Gasteiger partial charge in [-0.1, -0.05) is 0 Å². The van der Waals surface area contributed by atoms with Crippen molar-refractivity contribution in [2.45, 2.75) is 0 Å². The van der Waals surface area contributed by atoms with Crippen molar-refractivity contribution in [3.63, 3.8) is 0 Å². The summed E-state index contributed by atoms with van der Waals surface area (Å²) in [5, 5.41) is 9.15. The normalized spacial score (nSPS) is 15.4. The van der Waals surface area contributed by atoms with Crippen LogP contribution in [-0.4, -0.2) is 16.6 Å². The lowest BCUT2D eigenvalue weighted by molar-refractivity contribution is -0.110. The fraction of sp³-hybridized carbons (Fsp3) is 0. The summed E-state index contributed by atoms with van der Waals surface area (Å²) < 4.78 is 0.925. The maximum atomic E-state index is 11.4. The summed E-state index contributed by atoms with van der Waals surface area (Å²) in [4.78, 5) is 15.8. The number of hydrogen-bond donors (Lipinski definition) is 1. The van der Waals surface area contributed by atoms with Gasteiger partial charge >= 0.3 is 0 Å². The SMILES string of the molecule is O=C1C(Br)=CC(=Nc2ccc(O)cc2)C=C1Br. The zero-order valence-electron chi connectivity index (χ0n) is 8.52. The summed E-state index contributed by atoms with van der Waals surface area (Å²) >= 11 is 6.36. The van der Waals surface area contributed by atoms with E-state index in [1.807, 2.05) is 0 Å². The number of benzene rings is 1. The summed E-state index contributed by atoms with van der Waals surface area (Å²) in [6.07, 6.45) is 3.31. The number of allylic oxidation sites excluding steroid dienone is 4. The maximum absolute atomic E-state index is 11.4. The lowest BCUT2D eigenvalue weighted by atomic mass is 10.1. The van der Waals surface area contributed by atoms with Gasteiger partial charge in [-0.05, 0) is 68.3 Å². The van der Waals surface area contributed by atoms with E-state index in [0.29, 0.717) is 20.4 Å². The molecule has 17 heavy (non-hydrogen) atoms. The Morgan fingerprint density at radius 1 is 1.00 bits per heavy atom. The average Bonchev–Trinajstić information content (AvgIpc) is 2.29. The first-order valence-electron chi connectivity index (χ1n) is 4.73. The molecule has 0 aromatic heterocycles. The Bertz CT molecular complexity index is 532. The third-order valence-electron chi connectivity index (χ3n) is 2.09. The minimum Gasteiger partial charge on any atom is -0.508 e.